The number of rotatable bonds is 0. The lowest BCUT2D eigenvalue weighted by Gasteiger charge is -1.95. The Morgan fingerprint density at radius 3 is 2.62 bits per heavy atom. The molecule has 0 unspecified atom stereocenters. The quantitative estimate of drug-likeness (QED) is 0.354. The van der Waals surface area contributed by atoms with E-state index in [0.717, 1.165) is 0 Å². The zero-order chi connectivity index (χ0) is 5.98. The van der Waals surface area contributed by atoms with Crippen molar-refractivity contribution in [1.29, 1.82) is 0 Å². The average molecular weight is 125 g/mol. The summed E-state index contributed by atoms with van der Waals surface area (Å²) < 4.78 is 0. The number of allylic oxidation sites excluding steroid dienone is 2. The summed E-state index contributed by atoms with van der Waals surface area (Å²) in [6.45, 7) is 4.12. The summed E-state index contributed by atoms with van der Waals surface area (Å²) in [5.41, 5.74) is 4.41. The molecule has 0 N–H and O–H groups in total. The van der Waals surface area contributed by atoms with Gasteiger partial charge >= 0.3 is 0 Å². The molecule has 0 aliphatic carbocycles. The van der Waals surface area contributed by atoms with E-state index in [4.69, 9.17) is 0 Å². The van der Waals surface area contributed by atoms with Gasteiger partial charge in [-0.15, -0.1) is 5.73 Å². The standard InChI is InChI=1S/C7H8S/c1-6-3-4-8-7(2)5-6/h3-4H,1-2H3/i5+1. The molecule has 0 radical (unpaired) electrons. The van der Waals surface area contributed by atoms with E-state index < -0.39 is 0 Å². The highest BCUT2D eigenvalue weighted by atomic mass is 32.2. The van der Waals surface area contributed by atoms with Crippen molar-refractivity contribution in [3.8, 4) is 0 Å². The van der Waals surface area contributed by atoms with Crippen LogP contribution in [0.4, 0.5) is 0 Å². The maximum absolute atomic E-state index is 3.19. The molecule has 42 valence electrons. The first-order valence-corrected chi connectivity index (χ1v) is 3.44. The molecule has 0 fully saturated rings. The Morgan fingerprint density at radius 2 is 2.25 bits per heavy atom. The van der Waals surface area contributed by atoms with Crippen LogP contribution in [0.1, 0.15) is 13.8 Å². The molecule has 1 rings (SSSR count). The predicted octanol–water partition coefficient (Wildman–Crippen LogP) is 2.70. The Labute approximate surface area is 54.0 Å². The third-order valence-electron chi connectivity index (χ3n) is 0.936. The van der Waals surface area contributed by atoms with Gasteiger partial charge in [0.25, 0.3) is 0 Å². The maximum atomic E-state index is 3.19. The van der Waals surface area contributed by atoms with Gasteiger partial charge in [-0.25, -0.2) is 0 Å². The van der Waals surface area contributed by atoms with Gasteiger partial charge in [0.15, 0.2) is 0 Å². The summed E-state index contributed by atoms with van der Waals surface area (Å²) in [5.74, 6) is 0. The van der Waals surface area contributed by atoms with Gasteiger partial charge in [-0.05, 0) is 30.9 Å². The summed E-state index contributed by atoms with van der Waals surface area (Å²) in [7, 11) is 0. The summed E-state index contributed by atoms with van der Waals surface area (Å²) in [5, 5.41) is 2.08. The van der Waals surface area contributed by atoms with Crippen LogP contribution < -0.4 is 0 Å². The van der Waals surface area contributed by atoms with Crippen molar-refractivity contribution in [3.63, 3.8) is 0 Å². The van der Waals surface area contributed by atoms with Gasteiger partial charge in [0.2, 0.25) is 0 Å². The minimum absolute atomic E-state index is 1.22. The van der Waals surface area contributed by atoms with E-state index in [1.165, 1.54) is 10.5 Å². The Kier molecular flexibility index (Phi) is 1.62. The van der Waals surface area contributed by atoms with Crippen LogP contribution in [0, 0.1) is 0 Å². The van der Waals surface area contributed by atoms with Crippen LogP contribution >= 0.6 is 11.8 Å². The molecule has 0 aromatic rings. The molecule has 0 bridgehead atoms. The van der Waals surface area contributed by atoms with E-state index in [-0.39, 0.29) is 0 Å². The summed E-state index contributed by atoms with van der Waals surface area (Å²) in [4.78, 5) is 1.25. The zero-order valence-electron chi connectivity index (χ0n) is 5.06. The molecule has 1 heterocycles. The lowest BCUT2D eigenvalue weighted by Crippen LogP contribution is -1.70. The van der Waals surface area contributed by atoms with Crippen LogP contribution in [0.25, 0.3) is 0 Å². The number of hydrogen-bond acceptors (Lipinski definition) is 1. The zero-order valence-corrected chi connectivity index (χ0v) is 5.88. The lowest BCUT2D eigenvalue weighted by molar-refractivity contribution is 1.52. The monoisotopic (exact) mass is 125 g/mol. The molecule has 0 saturated carbocycles. The second-order valence-corrected chi connectivity index (χ2v) is 2.91. The molecule has 1 aliphatic rings. The molecule has 1 heteroatoms. The smallest absolute Gasteiger partial charge is 0.0281 e. The van der Waals surface area contributed by atoms with E-state index in [0.29, 0.717) is 0 Å². The molecule has 0 aromatic heterocycles. The number of hydrogen-bond donors (Lipinski definition) is 0. The highest BCUT2D eigenvalue weighted by molar-refractivity contribution is 8.05. The van der Waals surface area contributed by atoms with Crippen molar-refractivity contribution in [2.45, 2.75) is 13.8 Å². The van der Waals surface area contributed by atoms with E-state index >= 15 is 0 Å². The van der Waals surface area contributed by atoms with E-state index in [9.17, 15) is 0 Å². The summed E-state index contributed by atoms with van der Waals surface area (Å²) in [6.07, 6.45) is 2.07. The molecule has 0 amide bonds. The number of thioether (sulfide) groups is 1. The molecular weight excluding hydrogens is 117 g/mol. The first kappa shape index (κ1) is 5.74. The van der Waals surface area contributed by atoms with Crippen molar-refractivity contribution in [2.24, 2.45) is 0 Å². The molecule has 0 atom stereocenters. The van der Waals surface area contributed by atoms with E-state index in [1.54, 1.807) is 11.8 Å². The Hall–Kier alpha value is -0.390. The van der Waals surface area contributed by atoms with Crippen LogP contribution in [0.3, 0.4) is 0 Å². The van der Waals surface area contributed by atoms with Crippen molar-refractivity contribution >= 4 is 11.8 Å². The molecule has 0 saturated heterocycles. The lowest BCUT2D eigenvalue weighted by atomic mass is 10.4. The maximum Gasteiger partial charge on any atom is 0.0281 e. The first-order valence-electron chi connectivity index (χ1n) is 2.56. The fraction of sp³-hybridized carbons (Fsp3) is 0.286. The van der Waals surface area contributed by atoms with Crippen LogP contribution in [-0.2, 0) is 0 Å². The molecule has 0 spiro atoms. The van der Waals surface area contributed by atoms with Crippen LogP contribution in [-0.4, -0.2) is 0 Å². The Morgan fingerprint density at radius 1 is 1.50 bits per heavy atom. The van der Waals surface area contributed by atoms with Crippen LogP contribution in [0.15, 0.2) is 27.7 Å². The Bertz CT molecular complexity index is 181. The third kappa shape index (κ3) is 1.29. The average Bonchev–Trinajstić information content (AvgIpc) is 1.64. The minimum atomic E-state index is 1.22. The highest BCUT2D eigenvalue weighted by Crippen LogP contribution is 2.19. The third-order valence-corrected chi connectivity index (χ3v) is 1.66. The predicted molar refractivity (Wildman–Crippen MR) is 38.6 cm³/mol. The molecule has 1 aliphatic heterocycles. The minimum Gasteiger partial charge on any atom is -0.107 e. The molecular formula is C7H8S. The fourth-order valence-electron chi connectivity index (χ4n) is 0.587. The SMILES string of the molecule is CC1=[13C]=C(C)SC=C1. The van der Waals surface area contributed by atoms with Gasteiger partial charge in [-0.3, -0.25) is 0 Å². The summed E-state index contributed by atoms with van der Waals surface area (Å²) in [6, 6.07) is 0. The first-order chi connectivity index (χ1) is 3.79. The topological polar surface area (TPSA) is 0 Å². The van der Waals surface area contributed by atoms with E-state index in [1.807, 2.05) is 0 Å². The van der Waals surface area contributed by atoms with Gasteiger partial charge in [-0.1, -0.05) is 11.8 Å². The van der Waals surface area contributed by atoms with Crippen molar-refractivity contribution in [3.05, 3.63) is 27.7 Å². The molecule has 0 nitrogen and oxygen atoms in total. The van der Waals surface area contributed by atoms with Crippen molar-refractivity contribution < 1.29 is 0 Å². The van der Waals surface area contributed by atoms with E-state index in [2.05, 4.69) is 31.1 Å². The van der Waals surface area contributed by atoms with Gasteiger partial charge in [0.05, 0.1) is 0 Å². The fourth-order valence-corrected chi connectivity index (χ4v) is 1.28. The normalized spacial score (nSPS) is 17.8. The van der Waals surface area contributed by atoms with Gasteiger partial charge in [-0.2, -0.15) is 0 Å². The van der Waals surface area contributed by atoms with Crippen molar-refractivity contribution in [1.82, 2.24) is 0 Å². The van der Waals surface area contributed by atoms with Gasteiger partial charge < -0.3 is 0 Å². The largest absolute Gasteiger partial charge is 0.107 e. The Balaban J connectivity index is 2.98. The van der Waals surface area contributed by atoms with Crippen molar-refractivity contribution in [2.75, 3.05) is 0 Å². The van der Waals surface area contributed by atoms with Crippen LogP contribution in [0.2, 0.25) is 0 Å². The molecule has 0 aromatic carbocycles. The molecule has 8 heavy (non-hydrogen) atoms. The highest BCUT2D eigenvalue weighted by Gasteiger charge is 1.89. The van der Waals surface area contributed by atoms with Crippen LogP contribution in [0.5, 0.6) is 0 Å². The second-order valence-electron chi connectivity index (χ2n) is 1.78. The van der Waals surface area contributed by atoms with Gasteiger partial charge in [0.1, 0.15) is 0 Å². The summed E-state index contributed by atoms with van der Waals surface area (Å²) >= 11 is 1.73. The second kappa shape index (κ2) is 2.25. The van der Waals surface area contributed by atoms with Gasteiger partial charge in [0, 0.05) is 4.91 Å².